The lowest BCUT2D eigenvalue weighted by Gasteiger charge is -2.10. The van der Waals surface area contributed by atoms with Gasteiger partial charge in [0.05, 0.1) is 17.2 Å². The minimum atomic E-state index is -3.69. The smallest absolute Gasteiger partial charge is 0.242 e. The lowest BCUT2D eigenvalue weighted by Crippen LogP contribution is -2.26. The molecule has 1 aromatic carbocycles. The Morgan fingerprint density at radius 2 is 1.95 bits per heavy atom. The molecule has 0 spiro atoms. The molecule has 0 atom stereocenters. The van der Waals surface area contributed by atoms with Crippen molar-refractivity contribution in [3.05, 3.63) is 22.2 Å². The van der Waals surface area contributed by atoms with E-state index in [-0.39, 0.29) is 33.9 Å². The zero-order valence-corrected chi connectivity index (χ0v) is 13.3. The number of hydrogen-bond donors (Lipinski definition) is 2. The lowest BCUT2D eigenvalue weighted by molar-refractivity contribution is 0.414. The summed E-state index contributed by atoms with van der Waals surface area (Å²) in [6.45, 7) is 0.651. The zero-order valence-electron chi connectivity index (χ0n) is 10.2. The molecule has 0 saturated heterocycles. The summed E-state index contributed by atoms with van der Waals surface area (Å²) < 4.78 is 31.2. The predicted molar refractivity (Wildman–Crippen MR) is 79.1 cm³/mol. The lowest BCUT2D eigenvalue weighted by atomic mass is 10.3. The Bertz CT molecular complexity index is 523. The van der Waals surface area contributed by atoms with E-state index in [1.54, 1.807) is 0 Å². The molecule has 19 heavy (non-hydrogen) atoms. The first kappa shape index (κ1) is 18.8. The van der Waals surface area contributed by atoms with E-state index < -0.39 is 10.0 Å². The Labute approximate surface area is 128 Å². The third-order valence-electron chi connectivity index (χ3n) is 2.17. The van der Waals surface area contributed by atoms with Gasteiger partial charge in [0, 0.05) is 12.6 Å². The fourth-order valence-corrected chi connectivity index (χ4v) is 3.18. The fourth-order valence-electron chi connectivity index (χ4n) is 1.26. The van der Waals surface area contributed by atoms with Gasteiger partial charge in [0.15, 0.2) is 0 Å². The molecular weight excluding hydrogens is 335 g/mol. The molecule has 0 amide bonds. The van der Waals surface area contributed by atoms with E-state index in [0.29, 0.717) is 18.7 Å². The third-order valence-corrected chi connectivity index (χ3v) is 4.39. The van der Waals surface area contributed by atoms with E-state index in [1.807, 2.05) is 0 Å². The van der Waals surface area contributed by atoms with Crippen LogP contribution in [0.2, 0.25) is 10.0 Å². The van der Waals surface area contributed by atoms with Gasteiger partial charge in [0.25, 0.3) is 0 Å². The van der Waals surface area contributed by atoms with Crippen LogP contribution in [0.4, 0.5) is 0 Å². The number of ether oxygens (including phenoxy) is 1. The second kappa shape index (κ2) is 8.14. The Kier molecular flexibility index (Phi) is 8.03. The van der Waals surface area contributed by atoms with Crippen molar-refractivity contribution in [3.63, 3.8) is 0 Å². The molecule has 0 aliphatic carbocycles. The summed E-state index contributed by atoms with van der Waals surface area (Å²) in [7, 11) is -2.27. The molecule has 0 aromatic heterocycles. The molecule has 1 rings (SSSR count). The summed E-state index contributed by atoms with van der Waals surface area (Å²) in [5.74, 6) is 0.322. The van der Waals surface area contributed by atoms with Gasteiger partial charge in [0.1, 0.15) is 10.6 Å². The van der Waals surface area contributed by atoms with Crippen LogP contribution in [0, 0.1) is 0 Å². The highest BCUT2D eigenvalue weighted by atomic mass is 35.5. The van der Waals surface area contributed by atoms with Crippen LogP contribution in [0.3, 0.4) is 0 Å². The maximum atomic E-state index is 11.9. The molecule has 9 heteroatoms. The molecule has 0 fully saturated rings. The molecule has 5 nitrogen and oxygen atoms in total. The summed E-state index contributed by atoms with van der Waals surface area (Å²) in [6, 6.07) is 2.62. The van der Waals surface area contributed by atoms with Crippen molar-refractivity contribution in [1.29, 1.82) is 0 Å². The van der Waals surface area contributed by atoms with Gasteiger partial charge in [-0.1, -0.05) is 23.2 Å². The molecule has 0 saturated carbocycles. The molecule has 0 bridgehead atoms. The van der Waals surface area contributed by atoms with Gasteiger partial charge < -0.3 is 10.5 Å². The number of sulfonamides is 1. The Morgan fingerprint density at radius 1 is 1.32 bits per heavy atom. The maximum absolute atomic E-state index is 11.9. The second-order valence-corrected chi connectivity index (χ2v) is 6.01. The summed E-state index contributed by atoms with van der Waals surface area (Å²) in [4.78, 5) is -0.0769. The Morgan fingerprint density at radius 3 is 2.47 bits per heavy atom. The number of hydrogen-bond acceptors (Lipinski definition) is 4. The minimum absolute atomic E-state index is 0. The fraction of sp³-hybridized carbons (Fsp3) is 0.400. The van der Waals surface area contributed by atoms with Gasteiger partial charge in [-0.25, -0.2) is 13.1 Å². The van der Waals surface area contributed by atoms with Crippen molar-refractivity contribution >= 4 is 45.6 Å². The van der Waals surface area contributed by atoms with Crippen LogP contribution >= 0.6 is 35.6 Å². The highest BCUT2D eigenvalue weighted by Crippen LogP contribution is 2.33. The van der Waals surface area contributed by atoms with Crippen LogP contribution in [-0.2, 0) is 10.0 Å². The summed E-state index contributed by atoms with van der Waals surface area (Å²) in [6.07, 6.45) is 0.542. The SMILES string of the molecule is COc1cc(Cl)c(S(=O)(=O)NCCCN)cc1Cl.Cl. The summed E-state index contributed by atoms with van der Waals surface area (Å²) in [5.41, 5.74) is 5.29. The second-order valence-electron chi connectivity index (χ2n) is 3.46. The van der Waals surface area contributed by atoms with Crippen LogP contribution < -0.4 is 15.2 Å². The molecule has 0 aliphatic heterocycles. The summed E-state index contributed by atoms with van der Waals surface area (Å²) in [5, 5.41) is 0.234. The van der Waals surface area contributed by atoms with Gasteiger partial charge in [0.2, 0.25) is 10.0 Å². The van der Waals surface area contributed by atoms with E-state index in [9.17, 15) is 8.42 Å². The van der Waals surface area contributed by atoms with Crippen LogP contribution in [0.5, 0.6) is 5.75 Å². The normalized spacial score (nSPS) is 10.9. The van der Waals surface area contributed by atoms with E-state index in [4.69, 9.17) is 33.7 Å². The van der Waals surface area contributed by atoms with E-state index in [1.165, 1.54) is 19.2 Å². The minimum Gasteiger partial charge on any atom is -0.495 e. The molecule has 0 heterocycles. The molecule has 0 radical (unpaired) electrons. The van der Waals surface area contributed by atoms with Gasteiger partial charge in [-0.3, -0.25) is 0 Å². The van der Waals surface area contributed by atoms with Crippen molar-refractivity contribution in [2.45, 2.75) is 11.3 Å². The van der Waals surface area contributed by atoms with Gasteiger partial charge in [-0.2, -0.15) is 0 Å². The monoisotopic (exact) mass is 348 g/mol. The quantitative estimate of drug-likeness (QED) is 0.770. The number of nitrogens with two attached hydrogens (primary N) is 1. The zero-order chi connectivity index (χ0) is 13.8. The van der Waals surface area contributed by atoms with Crippen molar-refractivity contribution < 1.29 is 13.2 Å². The molecule has 0 unspecified atom stereocenters. The molecule has 0 aliphatic rings. The van der Waals surface area contributed by atoms with Crippen LogP contribution in [-0.4, -0.2) is 28.6 Å². The average molecular weight is 350 g/mol. The van der Waals surface area contributed by atoms with Gasteiger partial charge in [-0.15, -0.1) is 12.4 Å². The van der Waals surface area contributed by atoms with Crippen LogP contribution in [0.25, 0.3) is 0 Å². The topological polar surface area (TPSA) is 81.4 Å². The number of nitrogens with one attached hydrogen (secondary N) is 1. The van der Waals surface area contributed by atoms with Crippen molar-refractivity contribution in [3.8, 4) is 5.75 Å². The Hall–Kier alpha value is -0.240. The van der Waals surface area contributed by atoms with Crippen molar-refractivity contribution in [2.24, 2.45) is 5.73 Å². The molecule has 3 N–H and O–H groups in total. The molecular formula is C10H15Cl3N2O3S. The van der Waals surface area contributed by atoms with Crippen molar-refractivity contribution in [2.75, 3.05) is 20.2 Å². The number of rotatable bonds is 6. The molecule has 110 valence electrons. The highest BCUT2D eigenvalue weighted by molar-refractivity contribution is 7.89. The summed E-state index contributed by atoms with van der Waals surface area (Å²) >= 11 is 11.8. The van der Waals surface area contributed by atoms with E-state index in [2.05, 4.69) is 4.72 Å². The first-order chi connectivity index (χ1) is 8.42. The largest absolute Gasteiger partial charge is 0.495 e. The Balaban J connectivity index is 0.00000324. The molecule has 1 aromatic rings. The average Bonchev–Trinajstić information content (AvgIpc) is 2.31. The van der Waals surface area contributed by atoms with Gasteiger partial charge >= 0.3 is 0 Å². The third kappa shape index (κ3) is 4.98. The first-order valence-electron chi connectivity index (χ1n) is 5.15. The van der Waals surface area contributed by atoms with Crippen molar-refractivity contribution in [1.82, 2.24) is 4.72 Å². The van der Waals surface area contributed by atoms with E-state index in [0.717, 1.165) is 0 Å². The number of halogens is 3. The number of benzene rings is 1. The first-order valence-corrected chi connectivity index (χ1v) is 7.39. The maximum Gasteiger partial charge on any atom is 0.242 e. The van der Waals surface area contributed by atoms with Crippen LogP contribution in [0.15, 0.2) is 17.0 Å². The predicted octanol–water partition coefficient (Wildman–Crippen LogP) is 2.05. The van der Waals surface area contributed by atoms with E-state index >= 15 is 0 Å². The van der Waals surface area contributed by atoms with Gasteiger partial charge in [-0.05, 0) is 19.0 Å². The standard InChI is InChI=1S/C10H14Cl2N2O3S.ClH/c1-17-9-5-8(12)10(6-7(9)11)18(15,16)14-4-2-3-13;/h5-6,14H,2-4,13H2,1H3;1H. The van der Waals surface area contributed by atoms with Crippen LogP contribution in [0.1, 0.15) is 6.42 Å². The number of methoxy groups -OCH3 is 1. The highest BCUT2D eigenvalue weighted by Gasteiger charge is 2.19.